The van der Waals surface area contributed by atoms with Crippen molar-refractivity contribution in [2.75, 3.05) is 18.2 Å². The number of amides is 1. The van der Waals surface area contributed by atoms with Gasteiger partial charge in [0, 0.05) is 21.5 Å². The third-order valence-electron chi connectivity index (χ3n) is 4.05. The number of nitrogens with one attached hydrogen (secondary N) is 2. The number of benzene rings is 2. The van der Waals surface area contributed by atoms with Crippen LogP contribution in [0.4, 0.5) is 5.13 Å². The van der Waals surface area contributed by atoms with Gasteiger partial charge >= 0.3 is 0 Å². The first-order valence-corrected chi connectivity index (χ1v) is 11.1. The lowest BCUT2D eigenvalue weighted by Gasteiger charge is -2.00. The molecule has 0 atom stereocenters. The van der Waals surface area contributed by atoms with Gasteiger partial charge in [-0.1, -0.05) is 35.5 Å². The molecular weight excluding hydrogens is 442 g/mol. The summed E-state index contributed by atoms with van der Waals surface area (Å²) in [7, 11) is 1.62. The van der Waals surface area contributed by atoms with Crippen LogP contribution in [0.15, 0.2) is 59.1 Å². The summed E-state index contributed by atoms with van der Waals surface area (Å²) in [5, 5.41) is 13.4. The summed E-state index contributed by atoms with van der Waals surface area (Å²) in [6.07, 6.45) is 0. The van der Waals surface area contributed by atoms with Crippen LogP contribution in [0, 0.1) is 0 Å². The minimum absolute atomic E-state index is 0.173. The van der Waals surface area contributed by atoms with E-state index < -0.39 is 0 Å². The molecule has 0 aliphatic rings. The van der Waals surface area contributed by atoms with Crippen LogP contribution >= 0.6 is 34.7 Å². The number of aromatic amines is 1. The Morgan fingerprint density at radius 3 is 2.60 bits per heavy atom. The van der Waals surface area contributed by atoms with Gasteiger partial charge in [0.2, 0.25) is 11.1 Å². The highest BCUT2D eigenvalue weighted by Crippen LogP contribution is 2.26. The second kappa shape index (κ2) is 9.29. The zero-order valence-electron chi connectivity index (χ0n) is 15.8. The fourth-order valence-corrected chi connectivity index (χ4v) is 4.02. The van der Waals surface area contributed by atoms with E-state index >= 15 is 0 Å². The SMILES string of the molecule is COc1ccc(-c2nc(SCC(=O)Nc3nc(-c4ccc(Cl)cc4)cs3)n[nH]2)cc1. The smallest absolute Gasteiger partial charge is 0.236 e. The van der Waals surface area contributed by atoms with Gasteiger partial charge in [-0.15, -0.1) is 16.4 Å². The van der Waals surface area contributed by atoms with Crippen molar-refractivity contribution < 1.29 is 9.53 Å². The van der Waals surface area contributed by atoms with E-state index in [1.165, 1.54) is 23.1 Å². The maximum Gasteiger partial charge on any atom is 0.236 e. The summed E-state index contributed by atoms with van der Waals surface area (Å²) in [4.78, 5) is 21.1. The van der Waals surface area contributed by atoms with Gasteiger partial charge in [0.25, 0.3) is 0 Å². The number of anilines is 1. The van der Waals surface area contributed by atoms with Gasteiger partial charge in [0.05, 0.1) is 18.6 Å². The number of aromatic nitrogens is 4. The second-order valence-corrected chi connectivity index (χ2v) is 8.31. The van der Waals surface area contributed by atoms with E-state index in [9.17, 15) is 4.79 Å². The number of methoxy groups -OCH3 is 1. The number of carbonyl (C=O) groups excluding carboxylic acids is 1. The molecule has 2 heterocycles. The first-order chi connectivity index (χ1) is 14.6. The van der Waals surface area contributed by atoms with Crippen molar-refractivity contribution in [1.29, 1.82) is 0 Å². The second-order valence-electron chi connectivity index (χ2n) is 6.08. The van der Waals surface area contributed by atoms with Crippen molar-refractivity contribution in [3.63, 3.8) is 0 Å². The predicted molar refractivity (Wildman–Crippen MR) is 120 cm³/mol. The molecular formula is C20H16ClN5O2S2. The molecule has 30 heavy (non-hydrogen) atoms. The molecule has 0 saturated carbocycles. The minimum atomic E-state index is -0.173. The quantitative estimate of drug-likeness (QED) is 0.380. The highest BCUT2D eigenvalue weighted by Gasteiger charge is 2.11. The number of nitrogens with zero attached hydrogens (tertiary/aromatic N) is 3. The molecule has 0 unspecified atom stereocenters. The number of H-pyrrole nitrogens is 1. The molecule has 2 aromatic heterocycles. The summed E-state index contributed by atoms with van der Waals surface area (Å²) in [6, 6.07) is 14.9. The van der Waals surface area contributed by atoms with Crippen LogP contribution in [-0.2, 0) is 4.79 Å². The van der Waals surface area contributed by atoms with Crippen LogP contribution in [0.2, 0.25) is 5.02 Å². The number of hydrogen-bond donors (Lipinski definition) is 2. The van der Waals surface area contributed by atoms with Crippen molar-refractivity contribution >= 4 is 45.7 Å². The van der Waals surface area contributed by atoms with Crippen LogP contribution in [0.1, 0.15) is 0 Å². The summed E-state index contributed by atoms with van der Waals surface area (Å²) < 4.78 is 5.15. The standard InChI is InChI=1S/C20H16ClN5O2S2/c1-28-15-8-4-13(5-9-15)18-24-20(26-25-18)30-11-17(27)23-19-22-16(10-29-19)12-2-6-14(21)7-3-12/h2-10H,11H2,1H3,(H,22,23,27)(H,24,25,26). The van der Waals surface area contributed by atoms with Gasteiger partial charge in [-0.05, 0) is 36.4 Å². The number of ether oxygens (including phenoxy) is 1. The Kier molecular flexibility index (Phi) is 6.32. The van der Waals surface area contributed by atoms with Gasteiger partial charge in [-0.25, -0.2) is 9.97 Å². The zero-order chi connectivity index (χ0) is 20.9. The van der Waals surface area contributed by atoms with Crippen molar-refractivity contribution in [2.45, 2.75) is 5.16 Å². The summed E-state index contributed by atoms with van der Waals surface area (Å²) in [6.45, 7) is 0. The molecule has 0 bridgehead atoms. The molecule has 0 aliphatic carbocycles. The number of rotatable bonds is 7. The monoisotopic (exact) mass is 457 g/mol. The van der Waals surface area contributed by atoms with Crippen LogP contribution in [-0.4, -0.2) is 38.9 Å². The maximum atomic E-state index is 12.3. The molecule has 0 aliphatic heterocycles. The molecule has 0 spiro atoms. The zero-order valence-corrected chi connectivity index (χ0v) is 18.1. The van der Waals surface area contributed by atoms with E-state index in [1.54, 1.807) is 7.11 Å². The van der Waals surface area contributed by atoms with Crippen molar-refractivity contribution in [2.24, 2.45) is 0 Å². The molecule has 1 amide bonds. The van der Waals surface area contributed by atoms with E-state index in [0.717, 1.165) is 22.6 Å². The first kappa shape index (κ1) is 20.4. The van der Waals surface area contributed by atoms with Crippen molar-refractivity contribution in [3.05, 3.63) is 58.9 Å². The minimum Gasteiger partial charge on any atom is -0.497 e. The number of thioether (sulfide) groups is 1. The Morgan fingerprint density at radius 1 is 1.13 bits per heavy atom. The highest BCUT2D eigenvalue weighted by atomic mass is 35.5. The average Bonchev–Trinajstić information content (AvgIpc) is 3.43. The van der Waals surface area contributed by atoms with Crippen LogP contribution < -0.4 is 10.1 Å². The van der Waals surface area contributed by atoms with E-state index in [-0.39, 0.29) is 11.7 Å². The molecule has 0 radical (unpaired) electrons. The maximum absolute atomic E-state index is 12.3. The molecule has 152 valence electrons. The van der Waals surface area contributed by atoms with Crippen molar-refractivity contribution in [3.8, 4) is 28.4 Å². The van der Waals surface area contributed by atoms with E-state index in [2.05, 4.69) is 25.5 Å². The molecule has 0 saturated heterocycles. The van der Waals surface area contributed by atoms with Gasteiger partial charge in [-0.2, -0.15) is 0 Å². The van der Waals surface area contributed by atoms with Gasteiger partial charge in [0.1, 0.15) is 5.75 Å². The van der Waals surface area contributed by atoms with Gasteiger partial charge in [0.15, 0.2) is 11.0 Å². The number of thiazole rings is 1. The van der Waals surface area contributed by atoms with E-state index in [0.29, 0.717) is 21.1 Å². The molecule has 4 rings (SSSR count). The first-order valence-electron chi connectivity index (χ1n) is 8.81. The van der Waals surface area contributed by atoms with E-state index in [4.69, 9.17) is 16.3 Å². The van der Waals surface area contributed by atoms with Gasteiger partial charge < -0.3 is 10.1 Å². The van der Waals surface area contributed by atoms with Crippen LogP contribution in [0.3, 0.4) is 0 Å². The van der Waals surface area contributed by atoms with Crippen molar-refractivity contribution in [1.82, 2.24) is 20.2 Å². The normalized spacial score (nSPS) is 10.7. The Morgan fingerprint density at radius 2 is 1.87 bits per heavy atom. The summed E-state index contributed by atoms with van der Waals surface area (Å²) in [5.74, 6) is 1.40. The summed E-state index contributed by atoms with van der Waals surface area (Å²) in [5.41, 5.74) is 2.62. The predicted octanol–water partition coefficient (Wildman–Crippen LogP) is 4.99. The van der Waals surface area contributed by atoms with E-state index in [1.807, 2.05) is 53.9 Å². The lowest BCUT2D eigenvalue weighted by molar-refractivity contribution is -0.113. The Balaban J connectivity index is 1.32. The lowest BCUT2D eigenvalue weighted by atomic mass is 10.2. The Bertz CT molecular complexity index is 1140. The Hall–Kier alpha value is -2.88. The largest absolute Gasteiger partial charge is 0.497 e. The summed E-state index contributed by atoms with van der Waals surface area (Å²) >= 11 is 8.53. The molecule has 0 fully saturated rings. The fourth-order valence-electron chi connectivity index (χ4n) is 2.56. The third-order valence-corrected chi connectivity index (χ3v) is 5.91. The Labute approximate surface area is 185 Å². The third kappa shape index (κ3) is 4.99. The highest BCUT2D eigenvalue weighted by molar-refractivity contribution is 7.99. The molecule has 2 aromatic carbocycles. The van der Waals surface area contributed by atoms with Gasteiger partial charge in [-0.3, -0.25) is 9.89 Å². The molecule has 7 nitrogen and oxygen atoms in total. The number of hydrogen-bond acceptors (Lipinski definition) is 7. The fraction of sp³-hybridized carbons (Fsp3) is 0.100. The molecule has 2 N–H and O–H groups in total. The number of halogens is 1. The molecule has 10 heteroatoms. The molecule has 4 aromatic rings. The topological polar surface area (TPSA) is 92.8 Å². The lowest BCUT2D eigenvalue weighted by Crippen LogP contribution is -2.13. The average molecular weight is 458 g/mol. The van der Waals surface area contributed by atoms with Crippen LogP contribution in [0.5, 0.6) is 5.75 Å². The van der Waals surface area contributed by atoms with Crippen LogP contribution in [0.25, 0.3) is 22.6 Å². The number of carbonyl (C=O) groups is 1.